The van der Waals surface area contributed by atoms with E-state index in [2.05, 4.69) is 51.7 Å². The van der Waals surface area contributed by atoms with Gasteiger partial charge < -0.3 is 5.32 Å². The van der Waals surface area contributed by atoms with Crippen molar-refractivity contribution in [3.05, 3.63) is 90.3 Å². The van der Waals surface area contributed by atoms with Crippen LogP contribution in [0.15, 0.2) is 79.1 Å². The first-order valence-corrected chi connectivity index (χ1v) is 11.0. The lowest BCUT2D eigenvalue weighted by molar-refractivity contribution is 0.102. The number of anilines is 1. The van der Waals surface area contributed by atoms with Crippen molar-refractivity contribution < 1.29 is 4.79 Å². The fraction of sp³-hybridized carbons (Fsp3) is 0.222. The lowest BCUT2D eigenvalue weighted by atomic mass is 9.83. The molecule has 4 heteroatoms. The van der Waals surface area contributed by atoms with Crippen molar-refractivity contribution in [3.8, 4) is 11.1 Å². The number of carbonyl (C=O) groups excluding carboxylic acids is 1. The largest absolute Gasteiger partial charge is 0.307 e. The average molecular weight is 408 g/mol. The Morgan fingerprint density at radius 2 is 1.61 bits per heavy atom. The standard InChI is InChI=1S/C27H25N3O/c31-27(30-26-8-4-5-16-29-26)24-15-17-28-25-18-22(13-14-23(24)25)21-11-9-20(10-12-21)19-6-2-1-3-7-19/h4-5,8-19H,1-3,6-7H2,(H,29,30,31). The summed E-state index contributed by atoms with van der Waals surface area (Å²) in [7, 11) is 0. The van der Waals surface area contributed by atoms with Crippen LogP contribution in [-0.4, -0.2) is 15.9 Å². The number of pyridine rings is 2. The molecule has 2 aromatic heterocycles. The minimum atomic E-state index is -0.185. The van der Waals surface area contributed by atoms with E-state index in [9.17, 15) is 4.79 Å². The van der Waals surface area contributed by atoms with E-state index in [0.717, 1.165) is 16.5 Å². The van der Waals surface area contributed by atoms with Gasteiger partial charge in [-0.3, -0.25) is 9.78 Å². The maximum Gasteiger partial charge on any atom is 0.257 e. The van der Waals surface area contributed by atoms with E-state index in [-0.39, 0.29) is 5.91 Å². The molecule has 0 atom stereocenters. The highest BCUT2D eigenvalue weighted by Gasteiger charge is 2.16. The monoisotopic (exact) mass is 407 g/mol. The number of hydrogen-bond donors (Lipinski definition) is 1. The number of benzene rings is 2. The molecule has 1 aliphatic rings. The molecule has 0 unspecified atom stereocenters. The summed E-state index contributed by atoms with van der Waals surface area (Å²) >= 11 is 0. The van der Waals surface area contributed by atoms with Crippen LogP contribution in [0.4, 0.5) is 5.82 Å². The Hall–Kier alpha value is -3.53. The normalized spacial score (nSPS) is 14.5. The van der Waals surface area contributed by atoms with E-state index in [1.165, 1.54) is 43.2 Å². The number of hydrogen-bond acceptors (Lipinski definition) is 3. The van der Waals surface area contributed by atoms with Crippen molar-refractivity contribution >= 4 is 22.6 Å². The Morgan fingerprint density at radius 3 is 2.39 bits per heavy atom. The summed E-state index contributed by atoms with van der Waals surface area (Å²) in [6.45, 7) is 0. The van der Waals surface area contributed by atoms with Crippen LogP contribution in [0.5, 0.6) is 0 Å². The maximum atomic E-state index is 12.8. The third-order valence-corrected chi connectivity index (χ3v) is 6.21. The molecule has 0 saturated heterocycles. The van der Waals surface area contributed by atoms with Crippen LogP contribution in [-0.2, 0) is 0 Å². The predicted octanol–water partition coefficient (Wildman–Crippen LogP) is 6.60. The van der Waals surface area contributed by atoms with Gasteiger partial charge in [0.05, 0.1) is 11.1 Å². The molecule has 0 aliphatic heterocycles. The SMILES string of the molecule is O=C(Nc1ccccn1)c1ccnc2cc(-c3ccc(C4CCCCC4)cc3)ccc12. The van der Waals surface area contributed by atoms with E-state index < -0.39 is 0 Å². The number of fused-ring (bicyclic) bond motifs is 1. The topological polar surface area (TPSA) is 54.9 Å². The molecular weight excluding hydrogens is 382 g/mol. The molecule has 154 valence electrons. The first-order valence-electron chi connectivity index (χ1n) is 11.0. The molecule has 2 aromatic carbocycles. The average Bonchev–Trinajstić information content (AvgIpc) is 2.84. The summed E-state index contributed by atoms with van der Waals surface area (Å²) in [5.74, 6) is 1.06. The van der Waals surface area contributed by atoms with E-state index >= 15 is 0 Å². The van der Waals surface area contributed by atoms with Gasteiger partial charge in [0.1, 0.15) is 5.82 Å². The van der Waals surface area contributed by atoms with E-state index in [4.69, 9.17) is 0 Å². The van der Waals surface area contributed by atoms with Gasteiger partial charge in [-0.05, 0) is 59.7 Å². The molecule has 1 aliphatic carbocycles. The lowest BCUT2D eigenvalue weighted by Gasteiger charge is -2.22. The second-order valence-electron chi connectivity index (χ2n) is 8.22. The fourth-order valence-electron chi connectivity index (χ4n) is 4.53. The predicted molar refractivity (Wildman–Crippen MR) is 125 cm³/mol. The van der Waals surface area contributed by atoms with E-state index in [1.807, 2.05) is 18.2 Å². The summed E-state index contributed by atoms with van der Waals surface area (Å²) in [4.78, 5) is 21.5. The molecule has 1 saturated carbocycles. The van der Waals surface area contributed by atoms with Crippen molar-refractivity contribution in [1.82, 2.24) is 9.97 Å². The second kappa shape index (κ2) is 8.68. The van der Waals surface area contributed by atoms with Gasteiger partial charge >= 0.3 is 0 Å². The van der Waals surface area contributed by atoms with Crippen LogP contribution in [0.3, 0.4) is 0 Å². The number of rotatable bonds is 4. The van der Waals surface area contributed by atoms with Crippen molar-refractivity contribution in [2.75, 3.05) is 5.32 Å². The molecule has 0 radical (unpaired) electrons. The van der Waals surface area contributed by atoms with Crippen molar-refractivity contribution in [2.45, 2.75) is 38.0 Å². The minimum absolute atomic E-state index is 0.185. The van der Waals surface area contributed by atoms with Gasteiger partial charge in [-0.15, -0.1) is 0 Å². The molecule has 4 aromatic rings. The van der Waals surface area contributed by atoms with Crippen molar-refractivity contribution in [1.29, 1.82) is 0 Å². The molecule has 2 heterocycles. The maximum absolute atomic E-state index is 12.8. The van der Waals surface area contributed by atoms with Crippen LogP contribution < -0.4 is 5.32 Å². The molecule has 1 N–H and O–H groups in total. The van der Waals surface area contributed by atoms with Gasteiger partial charge in [-0.25, -0.2) is 4.98 Å². The van der Waals surface area contributed by atoms with Crippen molar-refractivity contribution in [3.63, 3.8) is 0 Å². The second-order valence-corrected chi connectivity index (χ2v) is 8.22. The Bertz CT molecular complexity index is 1200. The number of amides is 1. The highest BCUT2D eigenvalue weighted by atomic mass is 16.1. The summed E-state index contributed by atoms with van der Waals surface area (Å²) in [5.41, 5.74) is 5.14. The molecular formula is C27H25N3O. The third kappa shape index (κ3) is 4.19. The van der Waals surface area contributed by atoms with E-state index in [0.29, 0.717) is 17.3 Å². The van der Waals surface area contributed by atoms with Crippen LogP contribution in [0, 0.1) is 0 Å². The van der Waals surface area contributed by atoms with Gasteiger partial charge in [0.15, 0.2) is 0 Å². The van der Waals surface area contributed by atoms with Gasteiger partial charge in [0.25, 0.3) is 5.91 Å². The Morgan fingerprint density at radius 1 is 0.806 bits per heavy atom. The van der Waals surface area contributed by atoms with Gasteiger partial charge in [0.2, 0.25) is 0 Å². The third-order valence-electron chi connectivity index (χ3n) is 6.21. The first-order chi connectivity index (χ1) is 15.3. The Kier molecular flexibility index (Phi) is 5.44. The molecule has 31 heavy (non-hydrogen) atoms. The van der Waals surface area contributed by atoms with Gasteiger partial charge in [-0.1, -0.05) is 61.7 Å². The number of aromatic nitrogens is 2. The summed E-state index contributed by atoms with van der Waals surface area (Å²) in [6.07, 6.45) is 10.0. The van der Waals surface area contributed by atoms with Crippen LogP contribution >= 0.6 is 0 Å². The van der Waals surface area contributed by atoms with E-state index in [1.54, 1.807) is 24.5 Å². The fourth-order valence-corrected chi connectivity index (χ4v) is 4.53. The number of nitrogens with one attached hydrogen (secondary N) is 1. The van der Waals surface area contributed by atoms with Gasteiger partial charge in [-0.2, -0.15) is 0 Å². The molecule has 1 amide bonds. The zero-order valence-corrected chi connectivity index (χ0v) is 17.4. The van der Waals surface area contributed by atoms with Gasteiger partial charge in [0, 0.05) is 17.8 Å². The zero-order chi connectivity index (χ0) is 21.0. The Balaban J connectivity index is 1.41. The highest BCUT2D eigenvalue weighted by Crippen LogP contribution is 2.34. The molecule has 0 spiro atoms. The van der Waals surface area contributed by atoms with Crippen molar-refractivity contribution in [2.24, 2.45) is 0 Å². The molecule has 1 fully saturated rings. The zero-order valence-electron chi connectivity index (χ0n) is 17.4. The highest BCUT2D eigenvalue weighted by molar-refractivity contribution is 6.12. The molecule has 0 bridgehead atoms. The van der Waals surface area contributed by atoms with Crippen LogP contribution in [0.2, 0.25) is 0 Å². The summed E-state index contributed by atoms with van der Waals surface area (Å²) < 4.78 is 0. The summed E-state index contributed by atoms with van der Waals surface area (Å²) in [5, 5.41) is 3.69. The summed E-state index contributed by atoms with van der Waals surface area (Å²) in [6, 6.07) is 22.3. The van der Waals surface area contributed by atoms with Crippen LogP contribution in [0.1, 0.15) is 53.9 Å². The smallest absolute Gasteiger partial charge is 0.257 e. The Labute approximate surface area is 182 Å². The quantitative estimate of drug-likeness (QED) is 0.415. The molecule has 4 nitrogen and oxygen atoms in total. The number of carbonyl (C=O) groups is 1. The van der Waals surface area contributed by atoms with Crippen LogP contribution in [0.25, 0.3) is 22.0 Å². The first kappa shape index (κ1) is 19.4. The molecule has 5 rings (SSSR count). The lowest BCUT2D eigenvalue weighted by Crippen LogP contribution is -2.13. The number of nitrogens with zero attached hydrogens (tertiary/aromatic N) is 2. The minimum Gasteiger partial charge on any atom is -0.307 e.